The Balaban J connectivity index is 2.48. The second-order valence-electron chi connectivity index (χ2n) is 1.55. The first-order valence-corrected chi connectivity index (χ1v) is 2.68. The first kappa shape index (κ1) is 5.11. The molecule has 1 aliphatic heterocycles. The van der Waals surface area contributed by atoms with Crippen LogP contribution < -0.4 is 0 Å². The van der Waals surface area contributed by atoms with Gasteiger partial charge < -0.3 is 0 Å². The number of hydrogen-bond donors (Lipinski definition) is 0. The summed E-state index contributed by atoms with van der Waals surface area (Å²) in [5.74, 6) is 0.125. The Morgan fingerprint density at radius 3 is 2.57 bits per heavy atom. The number of nitrogens with zero attached hydrogens (tertiary/aromatic N) is 1. The zero-order valence-electron chi connectivity index (χ0n) is 3.79. The molecule has 0 aromatic heterocycles. The van der Waals surface area contributed by atoms with E-state index in [4.69, 9.17) is 0 Å². The van der Waals surface area contributed by atoms with E-state index in [1.54, 1.807) is 0 Å². The van der Waals surface area contributed by atoms with Crippen molar-refractivity contribution in [2.75, 3.05) is 6.54 Å². The summed E-state index contributed by atoms with van der Waals surface area (Å²) in [6.45, 7) is 0.791. The van der Waals surface area contributed by atoms with Gasteiger partial charge in [-0.15, -0.1) is 0 Å². The zero-order chi connectivity index (χ0) is 5.28. The molecule has 0 aromatic rings. The number of amides is 1. The first-order chi connectivity index (χ1) is 3.30. The molecule has 43 valence electrons. The molecular formula is C4H6NNiO. The van der Waals surface area contributed by atoms with Crippen molar-refractivity contribution in [2.45, 2.75) is 12.8 Å². The predicted molar refractivity (Wildman–Crippen MR) is 20.9 cm³/mol. The van der Waals surface area contributed by atoms with Crippen molar-refractivity contribution in [2.24, 2.45) is 0 Å². The molecule has 0 aromatic carbocycles. The summed E-state index contributed by atoms with van der Waals surface area (Å²) in [5, 5.41) is 0. The van der Waals surface area contributed by atoms with E-state index in [2.05, 4.69) is 15.7 Å². The van der Waals surface area contributed by atoms with Gasteiger partial charge in [0, 0.05) is 0 Å². The van der Waals surface area contributed by atoms with Gasteiger partial charge in [-0.1, -0.05) is 0 Å². The number of rotatable bonds is 0. The summed E-state index contributed by atoms with van der Waals surface area (Å²) < 4.78 is 1.39. The van der Waals surface area contributed by atoms with Crippen LogP contribution in [0.25, 0.3) is 0 Å². The predicted octanol–water partition coefficient (Wildman–Crippen LogP) is 0.0706. The molecule has 1 aliphatic rings. The minimum atomic E-state index is 0.125. The topological polar surface area (TPSA) is 20.3 Å². The van der Waals surface area contributed by atoms with Crippen molar-refractivity contribution >= 4 is 5.91 Å². The quantitative estimate of drug-likeness (QED) is 0.439. The normalized spacial score (nSPS) is 21.4. The molecule has 0 N–H and O–H groups in total. The van der Waals surface area contributed by atoms with E-state index in [-0.39, 0.29) is 5.91 Å². The van der Waals surface area contributed by atoms with Gasteiger partial charge in [-0.3, -0.25) is 0 Å². The standard InChI is InChI=1S/C4H7NO.Ni/c6-4-2-1-3-5-4;/h1-3H2,(H,5,6);/q;+1/p-1. The molecular weight excluding hydrogens is 137 g/mol. The molecule has 0 bridgehead atoms. The molecule has 0 spiro atoms. The van der Waals surface area contributed by atoms with Crippen LogP contribution in [0, 0.1) is 0 Å². The summed E-state index contributed by atoms with van der Waals surface area (Å²) in [6, 6.07) is 0. The van der Waals surface area contributed by atoms with Crippen molar-refractivity contribution in [3.8, 4) is 0 Å². The number of hydrogen-bond acceptors (Lipinski definition) is 1. The van der Waals surface area contributed by atoms with Gasteiger partial charge in [-0.2, -0.15) is 0 Å². The van der Waals surface area contributed by atoms with Crippen molar-refractivity contribution in [3.63, 3.8) is 0 Å². The molecule has 0 radical (unpaired) electrons. The molecule has 1 heterocycles. The molecule has 0 aliphatic carbocycles. The van der Waals surface area contributed by atoms with E-state index in [0.717, 1.165) is 13.0 Å². The SMILES string of the molecule is O=C1CCC[N]1[Ni]. The van der Waals surface area contributed by atoms with Crippen molar-refractivity contribution in [3.05, 3.63) is 0 Å². The molecule has 2 nitrogen and oxygen atoms in total. The van der Waals surface area contributed by atoms with Crippen LogP contribution in [0.15, 0.2) is 0 Å². The van der Waals surface area contributed by atoms with Gasteiger partial charge in [0.15, 0.2) is 0 Å². The van der Waals surface area contributed by atoms with Crippen LogP contribution in [0.2, 0.25) is 0 Å². The van der Waals surface area contributed by atoms with Gasteiger partial charge in [-0.05, 0) is 0 Å². The number of carbonyl (C=O) groups excluding carboxylic acids is 1. The fraction of sp³-hybridized carbons (Fsp3) is 0.750. The third-order valence-corrected chi connectivity index (χ3v) is 1.45. The molecule has 1 amide bonds. The molecule has 1 rings (SSSR count). The Kier molecular flexibility index (Phi) is 1.33. The Hall–Kier alpha value is -0.0365. The minimum absolute atomic E-state index is 0.125. The van der Waals surface area contributed by atoms with Gasteiger partial charge in [-0.25, -0.2) is 0 Å². The van der Waals surface area contributed by atoms with Gasteiger partial charge in [0.1, 0.15) is 0 Å². The summed E-state index contributed by atoms with van der Waals surface area (Å²) in [7, 11) is 0. The van der Waals surface area contributed by atoms with E-state index >= 15 is 0 Å². The third-order valence-electron chi connectivity index (χ3n) is 0.986. The second kappa shape index (κ2) is 1.83. The van der Waals surface area contributed by atoms with Crippen LogP contribution in [0.1, 0.15) is 12.8 Å². The zero-order valence-corrected chi connectivity index (χ0v) is 4.78. The Morgan fingerprint density at radius 2 is 2.43 bits per heavy atom. The fourth-order valence-corrected chi connectivity index (χ4v) is 0.865. The van der Waals surface area contributed by atoms with Crippen LogP contribution in [0.5, 0.6) is 0 Å². The van der Waals surface area contributed by atoms with Crippen LogP contribution >= 0.6 is 0 Å². The Bertz CT molecular complexity index is 93.7. The van der Waals surface area contributed by atoms with E-state index in [9.17, 15) is 4.79 Å². The maximum atomic E-state index is 10.4. The second-order valence-corrected chi connectivity index (χ2v) is 2.08. The molecule has 1 saturated heterocycles. The van der Waals surface area contributed by atoms with Gasteiger partial charge in [0.05, 0.1) is 0 Å². The molecule has 0 saturated carbocycles. The summed E-state index contributed by atoms with van der Waals surface area (Å²) in [6.07, 6.45) is 1.62. The van der Waals surface area contributed by atoms with Crippen LogP contribution in [0.4, 0.5) is 0 Å². The number of carbonyl (C=O) groups is 1. The van der Waals surface area contributed by atoms with Gasteiger partial charge in [0.2, 0.25) is 0 Å². The Labute approximate surface area is 50.4 Å². The van der Waals surface area contributed by atoms with Crippen LogP contribution in [0.3, 0.4) is 0 Å². The monoisotopic (exact) mass is 142 g/mol. The van der Waals surface area contributed by atoms with Gasteiger partial charge in [0.25, 0.3) is 0 Å². The Morgan fingerprint density at radius 1 is 1.71 bits per heavy atom. The molecule has 7 heavy (non-hydrogen) atoms. The van der Waals surface area contributed by atoms with E-state index in [0.29, 0.717) is 6.42 Å². The summed E-state index contributed by atoms with van der Waals surface area (Å²) in [5.41, 5.74) is 0. The summed E-state index contributed by atoms with van der Waals surface area (Å²) in [4.78, 5) is 10.4. The first-order valence-electron chi connectivity index (χ1n) is 2.24. The summed E-state index contributed by atoms with van der Waals surface area (Å²) >= 11 is 4.33. The third kappa shape index (κ3) is 0.944. The van der Waals surface area contributed by atoms with Crippen LogP contribution in [-0.2, 0) is 20.5 Å². The molecule has 1 fully saturated rings. The molecule has 3 heteroatoms. The average Bonchev–Trinajstić information content (AvgIpc) is 1.91. The van der Waals surface area contributed by atoms with Crippen LogP contribution in [-0.4, -0.2) is 16.4 Å². The van der Waals surface area contributed by atoms with E-state index in [1.165, 1.54) is 3.98 Å². The molecule has 0 unspecified atom stereocenters. The fourth-order valence-electron chi connectivity index (χ4n) is 0.598. The average molecular weight is 143 g/mol. The van der Waals surface area contributed by atoms with E-state index < -0.39 is 0 Å². The molecule has 0 atom stereocenters. The van der Waals surface area contributed by atoms with E-state index in [1.807, 2.05) is 0 Å². The maximum absolute atomic E-state index is 10.4. The van der Waals surface area contributed by atoms with Crippen molar-refractivity contribution < 1.29 is 20.5 Å². The van der Waals surface area contributed by atoms with Crippen molar-refractivity contribution in [1.82, 2.24) is 3.98 Å². The van der Waals surface area contributed by atoms with Crippen molar-refractivity contribution in [1.29, 1.82) is 0 Å². The van der Waals surface area contributed by atoms with Gasteiger partial charge >= 0.3 is 49.7 Å².